The summed E-state index contributed by atoms with van der Waals surface area (Å²) in [4.78, 5) is 1.98. The van der Waals surface area contributed by atoms with E-state index in [1.165, 1.54) is 0 Å². The van der Waals surface area contributed by atoms with Gasteiger partial charge in [0.25, 0.3) is 0 Å². The number of nitrogens with zero attached hydrogens (tertiary/aromatic N) is 1. The molecular formula is C8H18N2OS. The van der Waals surface area contributed by atoms with Crippen LogP contribution in [0.1, 0.15) is 13.8 Å². The molecule has 12 heavy (non-hydrogen) atoms. The molecule has 1 N–H and O–H groups in total. The number of hydrogen-bond donors (Lipinski definition) is 1. The van der Waals surface area contributed by atoms with Crippen molar-refractivity contribution in [2.45, 2.75) is 13.8 Å². The van der Waals surface area contributed by atoms with Gasteiger partial charge in [0.1, 0.15) is 0 Å². The topological polar surface area (TPSA) is 24.5 Å². The van der Waals surface area contributed by atoms with Crippen LogP contribution >= 0.6 is 12.2 Å². The second kappa shape index (κ2) is 7.31. The van der Waals surface area contributed by atoms with E-state index in [2.05, 4.69) is 5.32 Å². The molecule has 0 spiro atoms. The van der Waals surface area contributed by atoms with Gasteiger partial charge >= 0.3 is 0 Å². The normalized spacial score (nSPS) is 9.58. The van der Waals surface area contributed by atoms with E-state index in [4.69, 9.17) is 17.0 Å². The maximum atomic E-state index is 5.20. The molecule has 0 aliphatic heterocycles. The molecule has 0 aromatic rings. The van der Waals surface area contributed by atoms with Crippen LogP contribution in [0.15, 0.2) is 0 Å². The van der Waals surface area contributed by atoms with Gasteiger partial charge in [0.2, 0.25) is 0 Å². The van der Waals surface area contributed by atoms with E-state index in [-0.39, 0.29) is 0 Å². The lowest BCUT2D eigenvalue weighted by Gasteiger charge is -2.19. The van der Waals surface area contributed by atoms with Gasteiger partial charge in [-0.3, -0.25) is 0 Å². The molecule has 3 nitrogen and oxygen atoms in total. The van der Waals surface area contributed by atoms with Crippen molar-refractivity contribution in [3.63, 3.8) is 0 Å². The molecule has 0 bridgehead atoms. The summed E-state index contributed by atoms with van der Waals surface area (Å²) in [5.74, 6) is 0. The minimum atomic E-state index is 0.735. The molecule has 0 saturated carbocycles. The molecule has 0 aromatic carbocycles. The quantitative estimate of drug-likeness (QED) is 0.513. The van der Waals surface area contributed by atoms with Crippen LogP contribution in [0.2, 0.25) is 0 Å². The van der Waals surface area contributed by atoms with Crippen LogP contribution in [0.3, 0.4) is 0 Å². The predicted molar refractivity (Wildman–Crippen MR) is 55.4 cm³/mol. The molecule has 0 aliphatic rings. The van der Waals surface area contributed by atoms with Gasteiger partial charge in [-0.15, -0.1) is 0 Å². The van der Waals surface area contributed by atoms with E-state index in [0.717, 1.165) is 31.4 Å². The zero-order valence-corrected chi connectivity index (χ0v) is 8.91. The summed E-state index contributed by atoms with van der Waals surface area (Å²) in [5.41, 5.74) is 0. The maximum absolute atomic E-state index is 5.20. The van der Waals surface area contributed by atoms with Crippen molar-refractivity contribution in [1.82, 2.24) is 10.2 Å². The van der Waals surface area contributed by atoms with Gasteiger partial charge in [0.15, 0.2) is 5.11 Å². The van der Waals surface area contributed by atoms with E-state index in [1.807, 2.05) is 25.8 Å². The number of hydrogen-bond acceptors (Lipinski definition) is 2. The third-order valence-corrected chi connectivity index (χ3v) is 1.91. The van der Waals surface area contributed by atoms with Gasteiger partial charge in [-0.2, -0.15) is 0 Å². The zero-order valence-electron chi connectivity index (χ0n) is 8.09. The molecule has 4 heteroatoms. The van der Waals surface area contributed by atoms with Crippen LogP contribution in [0.25, 0.3) is 0 Å². The molecule has 0 heterocycles. The molecular weight excluding hydrogens is 172 g/mol. The Morgan fingerprint density at radius 1 is 1.50 bits per heavy atom. The van der Waals surface area contributed by atoms with Gasteiger partial charge in [0, 0.05) is 26.7 Å². The van der Waals surface area contributed by atoms with Gasteiger partial charge in [-0.25, -0.2) is 0 Å². The molecule has 0 unspecified atom stereocenters. The van der Waals surface area contributed by atoms with Crippen LogP contribution in [-0.4, -0.2) is 43.4 Å². The van der Waals surface area contributed by atoms with Crippen LogP contribution in [0, 0.1) is 0 Å². The van der Waals surface area contributed by atoms with Crippen molar-refractivity contribution in [3.8, 4) is 0 Å². The summed E-state index contributed by atoms with van der Waals surface area (Å²) in [6, 6.07) is 0. The summed E-state index contributed by atoms with van der Waals surface area (Å²) < 4.78 is 5.20. The van der Waals surface area contributed by atoms with Crippen LogP contribution in [0.5, 0.6) is 0 Å². The molecule has 0 aromatic heterocycles. The van der Waals surface area contributed by atoms with Gasteiger partial charge in [-0.05, 0) is 26.1 Å². The summed E-state index contributed by atoms with van der Waals surface area (Å²) in [6.45, 7) is 7.24. The van der Waals surface area contributed by atoms with E-state index >= 15 is 0 Å². The first kappa shape index (κ1) is 11.6. The highest BCUT2D eigenvalue weighted by Crippen LogP contribution is 1.85. The Kier molecular flexibility index (Phi) is 7.09. The fourth-order valence-electron chi connectivity index (χ4n) is 0.734. The monoisotopic (exact) mass is 190 g/mol. The highest BCUT2D eigenvalue weighted by molar-refractivity contribution is 7.80. The maximum Gasteiger partial charge on any atom is 0.168 e. The smallest absolute Gasteiger partial charge is 0.168 e. The zero-order chi connectivity index (χ0) is 9.40. The van der Waals surface area contributed by atoms with E-state index < -0.39 is 0 Å². The largest absolute Gasteiger partial charge is 0.380 e. The van der Waals surface area contributed by atoms with Crippen molar-refractivity contribution in [2.24, 2.45) is 0 Å². The lowest BCUT2D eigenvalue weighted by Crippen LogP contribution is -2.38. The fourth-order valence-corrected chi connectivity index (χ4v) is 0.969. The lowest BCUT2D eigenvalue weighted by atomic mass is 10.6. The summed E-state index contributed by atoms with van der Waals surface area (Å²) in [7, 11) is 1.96. The summed E-state index contributed by atoms with van der Waals surface area (Å²) in [6.07, 6.45) is 0. The Morgan fingerprint density at radius 3 is 2.67 bits per heavy atom. The second-order valence-electron chi connectivity index (χ2n) is 2.45. The highest BCUT2D eigenvalue weighted by atomic mass is 32.1. The molecule has 0 amide bonds. The molecule has 0 saturated heterocycles. The van der Waals surface area contributed by atoms with Crippen molar-refractivity contribution in [2.75, 3.05) is 33.4 Å². The Morgan fingerprint density at radius 2 is 2.17 bits per heavy atom. The van der Waals surface area contributed by atoms with Crippen molar-refractivity contribution in [3.05, 3.63) is 0 Å². The average Bonchev–Trinajstić information content (AvgIpc) is 2.05. The Bertz CT molecular complexity index is 130. The minimum Gasteiger partial charge on any atom is -0.380 e. The number of nitrogens with one attached hydrogen (secondary N) is 1. The Labute approximate surface area is 80.1 Å². The second-order valence-corrected chi connectivity index (χ2v) is 2.84. The number of likely N-dealkylation sites (N-methyl/N-ethyl adjacent to an activating group) is 1. The van der Waals surface area contributed by atoms with E-state index in [1.54, 1.807) is 0 Å². The van der Waals surface area contributed by atoms with Gasteiger partial charge < -0.3 is 15.0 Å². The standard InChI is InChI=1S/C8H18N2OS/c1-4-9-8(12)10(3)6-7-11-5-2/h4-7H2,1-3H3,(H,9,12). The number of ether oxygens (including phenoxy) is 1. The van der Waals surface area contributed by atoms with Gasteiger partial charge in [0.05, 0.1) is 6.61 Å². The van der Waals surface area contributed by atoms with Crippen LogP contribution < -0.4 is 5.32 Å². The highest BCUT2D eigenvalue weighted by Gasteiger charge is 2.00. The molecule has 0 rings (SSSR count). The van der Waals surface area contributed by atoms with Crippen LogP contribution in [-0.2, 0) is 4.74 Å². The first-order chi connectivity index (χ1) is 5.72. The predicted octanol–water partition coefficient (Wildman–Crippen LogP) is 0.849. The average molecular weight is 190 g/mol. The number of rotatable bonds is 5. The third kappa shape index (κ3) is 5.32. The van der Waals surface area contributed by atoms with Crippen molar-refractivity contribution in [1.29, 1.82) is 0 Å². The molecule has 0 aliphatic carbocycles. The van der Waals surface area contributed by atoms with Crippen molar-refractivity contribution < 1.29 is 4.74 Å². The SMILES string of the molecule is CCNC(=S)N(C)CCOCC. The van der Waals surface area contributed by atoms with Crippen molar-refractivity contribution >= 4 is 17.3 Å². The molecule has 0 radical (unpaired) electrons. The third-order valence-electron chi connectivity index (χ3n) is 1.45. The molecule has 0 fully saturated rings. The minimum absolute atomic E-state index is 0.735. The Hall–Kier alpha value is -0.350. The van der Waals surface area contributed by atoms with E-state index in [0.29, 0.717) is 0 Å². The molecule has 0 atom stereocenters. The first-order valence-corrected chi connectivity index (χ1v) is 4.69. The Balaban J connectivity index is 3.42. The first-order valence-electron chi connectivity index (χ1n) is 4.29. The van der Waals surface area contributed by atoms with Crippen LogP contribution in [0.4, 0.5) is 0 Å². The molecule has 72 valence electrons. The van der Waals surface area contributed by atoms with Gasteiger partial charge in [-0.1, -0.05) is 0 Å². The lowest BCUT2D eigenvalue weighted by molar-refractivity contribution is 0.137. The summed E-state index contributed by atoms with van der Waals surface area (Å²) >= 11 is 5.08. The van der Waals surface area contributed by atoms with E-state index in [9.17, 15) is 0 Å². The summed E-state index contributed by atoms with van der Waals surface area (Å²) in [5, 5.41) is 3.86. The fraction of sp³-hybridized carbons (Fsp3) is 0.875. The number of thiocarbonyl (C=S) groups is 1.